The van der Waals surface area contributed by atoms with Gasteiger partial charge in [0.05, 0.1) is 12.3 Å². The van der Waals surface area contributed by atoms with E-state index in [1.807, 2.05) is 38.1 Å². The summed E-state index contributed by atoms with van der Waals surface area (Å²) in [4.78, 5) is 39.2. The summed E-state index contributed by atoms with van der Waals surface area (Å²) in [6, 6.07) is 11.1. The number of nitrogens with zero attached hydrogens (tertiary/aromatic N) is 3. The first kappa shape index (κ1) is 23.4. The van der Waals surface area contributed by atoms with Gasteiger partial charge in [-0.05, 0) is 40.2 Å². The second kappa shape index (κ2) is 9.26. The molecule has 0 radical (unpaired) electrons. The van der Waals surface area contributed by atoms with E-state index in [0.717, 1.165) is 21.6 Å². The quantitative estimate of drug-likeness (QED) is 0.418. The van der Waals surface area contributed by atoms with Gasteiger partial charge in [-0.2, -0.15) is 9.61 Å². The molecule has 4 aromatic rings. The number of amides is 1. The van der Waals surface area contributed by atoms with Crippen LogP contribution in [-0.4, -0.2) is 32.7 Å². The highest BCUT2D eigenvalue weighted by molar-refractivity contribution is 7.17. The van der Waals surface area contributed by atoms with E-state index in [-0.39, 0.29) is 24.6 Å². The lowest BCUT2D eigenvalue weighted by molar-refractivity contribution is -0.116. The van der Waals surface area contributed by atoms with Crippen molar-refractivity contribution in [1.82, 2.24) is 14.2 Å². The molecule has 176 valence electrons. The van der Waals surface area contributed by atoms with Gasteiger partial charge < -0.3 is 14.6 Å². The molecule has 0 atom stereocenters. The third-order valence-corrected chi connectivity index (χ3v) is 6.54. The van der Waals surface area contributed by atoms with E-state index in [0.29, 0.717) is 27.6 Å². The second-order valence-corrected chi connectivity index (χ2v) is 9.36. The van der Waals surface area contributed by atoms with Crippen LogP contribution in [-0.2, 0) is 16.1 Å². The van der Waals surface area contributed by atoms with Gasteiger partial charge in [-0.15, -0.1) is 11.3 Å². The number of carbonyl (C=O) groups is 2. The molecule has 0 aliphatic carbocycles. The minimum Gasteiger partial charge on any atom is -0.462 e. The van der Waals surface area contributed by atoms with E-state index >= 15 is 0 Å². The number of aryl methyl sites for hydroxylation is 4. The number of nitrogens with one attached hydrogen (secondary N) is 1. The second-order valence-electron chi connectivity index (χ2n) is 8.14. The Morgan fingerprint density at radius 3 is 2.47 bits per heavy atom. The van der Waals surface area contributed by atoms with Crippen molar-refractivity contribution < 1.29 is 14.3 Å². The van der Waals surface area contributed by atoms with E-state index in [2.05, 4.69) is 10.4 Å². The molecule has 0 saturated carbocycles. The molecule has 0 aliphatic rings. The highest BCUT2D eigenvalue weighted by Crippen LogP contribution is 2.40. The molecule has 9 heteroatoms. The predicted molar refractivity (Wildman–Crippen MR) is 133 cm³/mol. The zero-order valence-electron chi connectivity index (χ0n) is 19.8. The highest BCUT2D eigenvalue weighted by Gasteiger charge is 2.26. The zero-order valence-corrected chi connectivity index (χ0v) is 20.6. The Morgan fingerprint density at radius 2 is 1.79 bits per heavy atom. The Kier molecular flexibility index (Phi) is 6.39. The maximum atomic E-state index is 13.1. The molecule has 4 rings (SSSR count). The number of fused-ring (bicyclic) bond motifs is 1. The molecule has 1 aromatic carbocycles. The molecule has 0 bridgehead atoms. The summed E-state index contributed by atoms with van der Waals surface area (Å²) in [5.41, 5.74) is 4.70. The molecular weight excluding hydrogens is 452 g/mol. The van der Waals surface area contributed by atoms with Crippen molar-refractivity contribution in [3.8, 4) is 11.1 Å². The van der Waals surface area contributed by atoms with Gasteiger partial charge in [0.25, 0.3) is 5.56 Å². The summed E-state index contributed by atoms with van der Waals surface area (Å²) in [7, 11) is 0. The molecule has 1 N–H and O–H groups in total. The molecular formula is C25H26N4O4S. The molecule has 3 aromatic heterocycles. The van der Waals surface area contributed by atoms with E-state index in [1.54, 1.807) is 31.4 Å². The highest BCUT2D eigenvalue weighted by atomic mass is 32.1. The smallest absolute Gasteiger partial charge is 0.341 e. The van der Waals surface area contributed by atoms with Gasteiger partial charge in [-0.3, -0.25) is 9.59 Å². The van der Waals surface area contributed by atoms with Crippen molar-refractivity contribution >= 4 is 33.9 Å². The monoisotopic (exact) mass is 478 g/mol. The maximum Gasteiger partial charge on any atom is 0.341 e. The van der Waals surface area contributed by atoms with Gasteiger partial charge in [0.1, 0.15) is 22.8 Å². The third-order valence-electron chi connectivity index (χ3n) is 5.51. The van der Waals surface area contributed by atoms with Gasteiger partial charge in [0.15, 0.2) is 0 Å². The number of thiophene rings is 1. The van der Waals surface area contributed by atoms with Crippen molar-refractivity contribution in [3.05, 3.63) is 74.1 Å². The Labute approximate surface area is 200 Å². The molecule has 0 saturated heterocycles. The van der Waals surface area contributed by atoms with Crippen LogP contribution in [0.1, 0.15) is 39.1 Å². The zero-order chi connectivity index (χ0) is 24.6. The summed E-state index contributed by atoms with van der Waals surface area (Å²) in [5, 5.41) is 7.56. The fourth-order valence-corrected chi connectivity index (χ4v) is 5.03. The minimum absolute atomic E-state index is 0.0418. The topological polar surface area (TPSA) is 94.7 Å². The number of anilines is 1. The van der Waals surface area contributed by atoms with Crippen molar-refractivity contribution in [2.75, 3.05) is 11.9 Å². The Balaban J connectivity index is 1.72. The largest absolute Gasteiger partial charge is 0.462 e. The van der Waals surface area contributed by atoms with E-state index < -0.39 is 5.97 Å². The molecule has 8 nitrogen and oxygen atoms in total. The number of benzene rings is 1. The van der Waals surface area contributed by atoms with Gasteiger partial charge in [0, 0.05) is 28.3 Å². The van der Waals surface area contributed by atoms with Crippen molar-refractivity contribution in [2.24, 2.45) is 0 Å². The molecule has 0 spiro atoms. The summed E-state index contributed by atoms with van der Waals surface area (Å²) in [6.07, 6.45) is 0. The maximum absolute atomic E-state index is 13.1. The summed E-state index contributed by atoms with van der Waals surface area (Å²) < 4.78 is 8.33. The van der Waals surface area contributed by atoms with Crippen molar-refractivity contribution in [2.45, 2.75) is 41.2 Å². The SMILES string of the molecule is CCOC(=O)c1c(NC(=O)Cn2c(C)cc(=O)n3nc(C)cc23)sc(C)c1-c1ccc(C)cc1. The van der Waals surface area contributed by atoms with Crippen molar-refractivity contribution in [3.63, 3.8) is 0 Å². The van der Waals surface area contributed by atoms with Gasteiger partial charge in [-0.25, -0.2) is 4.79 Å². The summed E-state index contributed by atoms with van der Waals surface area (Å²) in [6.45, 7) is 9.41. The Bertz CT molecular complexity index is 1460. The number of hydrogen-bond acceptors (Lipinski definition) is 6. The standard InChI is InChI=1S/C25H26N4O4S/c1-6-33-25(32)23-22(18-9-7-14(2)8-10-18)17(5)34-24(23)26-19(30)13-28-16(4)12-21(31)29-20(28)11-15(3)27-29/h7-12H,6,13H2,1-5H3,(H,26,30). The molecule has 34 heavy (non-hydrogen) atoms. The van der Waals surface area contributed by atoms with Crippen LogP contribution in [0.15, 0.2) is 41.2 Å². The van der Waals surface area contributed by atoms with Crippen molar-refractivity contribution in [1.29, 1.82) is 0 Å². The van der Waals surface area contributed by atoms with E-state index in [4.69, 9.17) is 4.74 Å². The molecule has 0 aliphatic heterocycles. The molecule has 3 heterocycles. The average molecular weight is 479 g/mol. The average Bonchev–Trinajstić information content (AvgIpc) is 3.32. The van der Waals surface area contributed by atoms with Gasteiger partial charge in [0.2, 0.25) is 5.91 Å². The number of ether oxygens (including phenoxy) is 1. The molecule has 1 amide bonds. The fraction of sp³-hybridized carbons (Fsp3) is 0.280. The summed E-state index contributed by atoms with van der Waals surface area (Å²) in [5.74, 6) is -0.805. The van der Waals surface area contributed by atoms with Gasteiger partial charge in [-0.1, -0.05) is 29.8 Å². The number of esters is 1. The minimum atomic E-state index is -0.480. The van der Waals surface area contributed by atoms with Crippen LogP contribution in [0.2, 0.25) is 0 Å². The van der Waals surface area contributed by atoms with Crippen LogP contribution in [0.25, 0.3) is 16.8 Å². The number of aromatic nitrogens is 3. The van der Waals surface area contributed by atoms with Gasteiger partial charge >= 0.3 is 5.97 Å². The number of rotatable bonds is 6. The van der Waals surface area contributed by atoms with E-state index in [9.17, 15) is 14.4 Å². The van der Waals surface area contributed by atoms with Crippen LogP contribution >= 0.6 is 11.3 Å². The Hall–Kier alpha value is -3.72. The lowest BCUT2D eigenvalue weighted by Crippen LogP contribution is -2.25. The lowest BCUT2D eigenvalue weighted by Gasteiger charge is -2.13. The predicted octanol–water partition coefficient (Wildman–Crippen LogP) is 4.27. The van der Waals surface area contributed by atoms with Crippen LogP contribution in [0.3, 0.4) is 0 Å². The van der Waals surface area contributed by atoms with Crippen LogP contribution < -0.4 is 10.9 Å². The normalized spacial score (nSPS) is 11.1. The van der Waals surface area contributed by atoms with Crippen LogP contribution in [0, 0.1) is 27.7 Å². The fourth-order valence-electron chi connectivity index (χ4n) is 3.95. The van der Waals surface area contributed by atoms with E-state index in [1.165, 1.54) is 21.9 Å². The number of hydrogen-bond donors (Lipinski definition) is 1. The Morgan fingerprint density at radius 1 is 1.09 bits per heavy atom. The molecule has 0 unspecified atom stereocenters. The first-order valence-electron chi connectivity index (χ1n) is 10.9. The third kappa shape index (κ3) is 4.38. The first-order valence-corrected chi connectivity index (χ1v) is 11.8. The molecule has 0 fully saturated rings. The first-order chi connectivity index (χ1) is 16.2. The van der Waals surface area contributed by atoms with Crippen LogP contribution in [0.4, 0.5) is 5.00 Å². The summed E-state index contributed by atoms with van der Waals surface area (Å²) >= 11 is 1.34. The number of carbonyl (C=O) groups excluding carboxylic acids is 2. The lowest BCUT2D eigenvalue weighted by atomic mass is 10.0. The van der Waals surface area contributed by atoms with Crippen LogP contribution in [0.5, 0.6) is 0 Å².